The molecule has 0 N–H and O–H groups in total. The summed E-state index contributed by atoms with van der Waals surface area (Å²) in [6, 6.07) is 16.9. The lowest BCUT2D eigenvalue weighted by Crippen LogP contribution is -2.06. The number of para-hydroxylation sites is 1. The van der Waals surface area contributed by atoms with Crippen LogP contribution in [0.3, 0.4) is 0 Å². The van der Waals surface area contributed by atoms with Gasteiger partial charge in [-0.2, -0.15) is 5.10 Å². The lowest BCUT2D eigenvalue weighted by Gasteiger charge is -2.06. The van der Waals surface area contributed by atoms with E-state index in [-0.39, 0.29) is 17.2 Å². The molecular formula is C21H15Cl2N3O2. The number of benzene rings is 2. The van der Waals surface area contributed by atoms with Gasteiger partial charge in [0.15, 0.2) is 5.65 Å². The van der Waals surface area contributed by atoms with Crippen molar-refractivity contribution < 1.29 is 9.53 Å². The lowest BCUT2D eigenvalue weighted by molar-refractivity contribution is 0.0526. The van der Waals surface area contributed by atoms with Crippen LogP contribution in [0.15, 0.2) is 60.8 Å². The monoisotopic (exact) mass is 411 g/mol. The van der Waals surface area contributed by atoms with Crippen molar-refractivity contribution in [2.24, 2.45) is 0 Å². The van der Waals surface area contributed by atoms with Crippen molar-refractivity contribution in [1.29, 1.82) is 0 Å². The van der Waals surface area contributed by atoms with Crippen LogP contribution in [0.2, 0.25) is 10.0 Å². The standard InChI is InChI=1S/C21H15Cl2N3O2/c1-2-28-21(27)16-12-24-20-17(18(16)23)19(13-8-10-14(22)11-9-13)25-26(20)15-6-4-3-5-7-15/h3-12H,2H2,1H3. The van der Waals surface area contributed by atoms with Crippen molar-refractivity contribution >= 4 is 40.2 Å². The average Bonchev–Trinajstić information content (AvgIpc) is 3.10. The topological polar surface area (TPSA) is 57.0 Å². The van der Waals surface area contributed by atoms with Gasteiger partial charge in [-0.05, 0) is 31.2 Å². The molecule has 0 aliphatic heterocycles. The number of carbonyl (C=O) groups is 1. The molecule has 0 bridgehead atoms. The third kappa shape index (κ3) is 3.23. The van der Waals surface area contributed by atoms with Gasteiger partial charge in [-0.1, -0.05) is 53.5 Å². The first-order chi connectivity index (χ1) is 13.6. The molecule has 0 radical (unpaired) electrons. The van der Waals surface area contributed by atoms with Crippen molar-refractivity contribution in [2.45, 2.75) is 6.92 Å². The van der Waals surface area contributed by atoms with Crippen LogP contribution in [0.1, 0.15) is 17.3 Å². The summed E-state index contributed by atoms with van der Waals surface area (Å²) >= 11 is 12.7. The molecule has 2 heterocycles. The summed E-state index contributed by atoms with van der Waals surface area (Å²) in [5, 5.41) is 6.20. The Morgan fingerprint density at radius 3 is 2.46 bits per heavy atom. The van der Waals surface area contributed by atoms with E-state index in [0.717, 1.165) is 11.3 Å². The number of nitrogens with zero attached hydrogens (tertiary/aromatic N) is 3. The Morgan fingerprint density at radius 2 is 1.79 bits per heavy atom. The Kier molecular flexibility index (Phi) is 5.03. The molecule has 0 spiro atoms. The molecule has 7 heteroatoms. The number of ether oxygens (including phenoxy) is 1. The number of fused-ring (bicyclic) bond motifs is 1. The van der Waals surface area contributed by atoms with E-state index in [4.69, 9.17) is 33.0 Å². The molecule has 4 aromatic rings. The van der Waals surface area contributed by atoms with Crippen LogP contribution in [-0.4, -0.2) is 27.3 Å². The number of pyridine rings is 1. The smallest absolute Gasteiger partial charge is 0.341 e. The summed E-state index contributed by atoms with van der Waals surface area (Å²) < 4.78 is 6.81. The van der Waals surface area contributed by atoms with Gasteiger partial charge in [0.1, 0.15) is 5.69 Å². The van der Waals surface area contributed by atoms with Gasteiger partial charge in [0.25, 0.3) is 0 Å². The molecule has 2 aromatic carbocycles. The highest BCUT2D eigenvalue weighted by Gasteiger charge is 2.23. The second-order valence-corrected chi connectivity index (χ2v) is 6.82. The van der Waals surface area contributed by atoms with Gasteiger partial charge in [-0.3, -0.25) is 0 Å². The van der Waals surface area contributed by atoms with Gasteiger partial charge in [0.2, 0.25) is 0 Å². The highest BCUT2D eigenvalue weighted by atomic mass is 35.5. The molecule has 28 heavy (non-hydrogen) atoms. The number of halogens is 2. The van der Waals surface area contributed by atoms with E-state index in [1.54, 1.807) is 23.7 Å². The van der Waals surface area contributed by atoms with E-state index < -0.39 is 5.97 Å². The second kappa shape index (κ2) is 7.62. The number of rotatable bonds is 4. The summed E-state index contributed by atoms with van der Waals surface area (Å²) in [7, 11) is 0. The average molecular weight is 412 g/mol. The molecule has 0 atom stereocenters. The maximum absolute atomic E-state index is 12.3. The van der Waals surface area contributed by atoms with E-state index in [2.05, 4.69) is 4.98 Å². The van der Waals surface area contributed by atoms with Gasteiger partial charge >= 0.3 is 5.97 Å². The highest BCUT2D eigenvalue weighted by Crippen LogP contribution is 2.36. The minimum absolute atomic E-state index is 0.207. The SMILES string of the molecule is CCOC(=O)c1cnc2c(c(-c3ccc(Cl)cc3)nn2-c2ccccc2)c1Cl. The maximum Gasteiger partial charge on any atom is 0.341 e. The summed E-state index contributed by atoms with van der Waals surface area (Å²) in [5.74, 6) is -0.517. The van der Waals surface area contributed by atoms with Crippen LogP contribution in [-0.2, 0) is 4.74 Å². The molecule has 0 saturated heterocycles. The highest BCUT2D eigenvalue weighted by molar-refractivity contribution is 6.39. The first kappa shape index (κ1) is 18.5. The van der Waals surface area contributed by atoms with Crippen molar-refractivity contribution in [3.05, 3.63) is 76.4 Å². The molecule has 0 fully saturated rings. The third-order valence-corrected chi connectivity index (χ3v) is 4.89. The van der Waals surface area contributed by atoms with E-state index in [1.165, 1.54) is 6.20 Å². The predicted octanol–water partition coefficient (Wildman–Crippen LogP) is 5.57. The van der Waals surface area contributed by atoms with E-state index >= 15 is 0 Å². The molecule has 4 rings (SSSR count). The Hall–Kier alpha value is -2.89. The molecule has 2 aromatic heterocycles. The lowest BCUT2D eigenvalue weighted by atomic mass is 10.1. The van der Waals surface area contributed by atoms with Gasteiger partial charge in [0, 0.05) is 16.8 Å². The molecular weight excluding hydrogens is 397 g/mol. The number of hydrogen-bond acceptors (Lipinski definition) is 4. The largest absolute Gasteiger partial charge is 0.462 e. The number of hydrogen-bond donors (Lipinski definition) is 0. The molecule has 140 valence electrons. The van der Waals surface area contributed by atoms with Crippen LogP contribution >= 0.6 is 23.2 Å². The number of aromatic nitrogens is 3. The third-order valence-electron chi connectivity index (χ3n) is 4.25. The summed E-state index contributed by atoms with van der Waals surface area (Å²) in [5.41, 5.74) is 3.01. The molecule has 0 aliphatic rings. The quantitative estimate of drug-likeness (QED) is 0.411. The van der Waals surface area contributed by atoms with Crippen molar-refractivity contribution in [3.8, 4) is 16.9 Å². The normalized spacial score (nSPS) is 11.0. The van der Waals surface area contributed by atoms with Crippen molar-refractivity contribution in [1.82, 2.24) is 14.8 Å². The van der Waals surface area contributed by atoms with E-state index in [1.807, 2.05) is 42.5 Å². The molecule has 0 aliphatic carbocycles. The number of esters is 1. The van der Waals surface area contributed by atoms with Gasteiger partial charge in [-0.15, -0.1) is 0 Å². The summed E-state index contributed by atoms with van der Waals surface area (Å²) in [6.07, 6.45) is 1.43. The molecule has 0 saturated carbocycles. The van der Waals surface area contributed by atoms with E-state index in [0.29, 0.717) is 21.7 Å². The van der Waals surface area contributed by atoms with Crippen LogP contribution < -0.4 is 0 Å². The maximum atomic E-state index is 12.3. The first-order valence-corrected chi connectivity index (χ1v) is 9.41. The fourth-order valence-corrected chi connectivity index (χ4v) is 3.38. The molecule has 0 amide bonds. The van der Waals surface area contributed by atoms with Crippen LogP contribution in [0.5, 0.6) is 0 Å². The minimum atomic E-state index is -0.517. The van der Waals surface area contributed by atoms with Crippen LogP contribution in [0.4, 0.5) is 0 Å². The zero-order chi connectivity index (χ0) is 19.7. The molecule has 5 nitrogen and oxygen atoms in total. The van der Waals surface area contributed by atoms with Crippen LogP contribution in [0.25, 0.3) is 28.0 Å². The summed E-state index contributed by atoms with van der Waals surface area (Å²) in [6.45, 7) is 1.99. The fourth-order valence-electron chi connectivity index (χ4n) is 2.96. The second-order valence-electron chi connectivity index (χ2n) is 6.01. The zero-order valence-corrected chi connectivity index (χ0v) is 16.4. The van der Waals surface area contributed by atoms with Gasteiger partial charge in [-0.25, -0.2) is 14.5 Å². The van der Waals surface area contributed by atoms with Gasteiger partial charge in [0.05, 0.1) is 28.3 Å². The predicted molar refractivity (Wildman–Crippen MR) is 110 cm³/mol. The number of carbonyl (C=O) groups excluding carboxylic acids is 1. The minimum Gasteiger partial charge on any atom is -0.462 e. The first-order valence-electron chi connectivity index (χ1n) is 8.66. The molecule has 0 unspecified atom stereocenters. The van der Waals surface area contributed by atoms with E-state index in [9.17, 15) is 4.79 Å². The zero-order valence-electron chi connectivity index (χ0n) is 14.9. The Morgan fingerprint density at radius 1 is 1.07 bits per heavy atom. The Balaban J connectivity index is 2.02. The van der Waals surface area contributed by atoms with Gasteiger partial charge < -0.3 is 4.74 Å². The Bertz CT molecular complexity index is 1160. The summed E-state index contributed by atoms with van der Waals surface area (Å²) in [4.78, 5) is 16.8. The van der Waals surface area contributed by atoms with Crippen LogP contribution in [0, 0.1) is 0 Å². The fraction of sp³-hybridized carbons (Fsp3) is 0.0952. The Labute approximate surface area is 171 Å². The van der Waals surface area contributed by atoms with Crippen molar-refractivity contribution in [2.75, 3.05) is 6.61 Å². The van der Waals surface area contributed by atoms with Crippen molar-refractivity contribution in [3.63, 3.8) is 0 Å².